The Labute approximate surface area is 132 Å². The van der Waals surface area contributed by atoms with E-state index >= 15 is 0 Å². The van der Waals surface area contributed by atoms with E-state index in [0.29, 0.717) is 16.5 Å². The molecule has 0 aliphatic carbocycles. The third-order valence-electron chi connectivity index (χ3n) is 3.50. The van der Waals surface area contributed by atoms with Gasteiger partial charge in [0, 0.05) is 27.8 Å². The molecule has 5 heteroatoms. The van der Waals surface area contributed by atoms with Crippen molar-refractivity contribution in [1.29, 1.82) is 0 Å². The molecule has 1 saturated heterocycles. The second-order valence-corrected chi connectivity index (χ2v) is 6.43. The monoisotopic (exact) mass is 393 g/mol. The fourth-order valence-electron chi connectivity index (χ4n) is 2.29. The Bertz CT molecular complexity index is 461. The van der Waals surface area contributed by atoms with Gasteiger partial charge in [-0.1, -0.05) is 11.6 Å². The van der Waals surface area contributed by atoms with Crippen molar-refractivity contribution in [3.05, 3.63) is 32.4 Å². The highest BCUT2D eigenvalue weighted by molar-refractivity contribution is 14.1. The maximum absolute atomic E-state index is 12.3. The summed E-state index contributed by atoms with van der Waals surface area (Å²) in [6, 6.07) is 5.53. The lowest BCUT2D eigenvalue weighted by atomic mass is 9.93. The van der Waals surface area contributed by atoms with Crippen LogP contribution in [0.3, 0.4) is 0 Å². The Hall–Kier alpha value is -0.330. The van der Waals surface area contributed by atoms with E-state index < -0.39 is 0 Å². The van der Waals surface area contributed by atoms with E-state index in [-0.39, 0.29) is 11.9 Å². The summed E-state index contributed by atoms with van der Waals surface area (Å²) in [4.78, 5) is 12.3. The molecule has 1 fully saturated rings. The van der Waals surface area contributed by atoms with Crippen molar-refractivity contribution in [2.45, 2.75) is 25.8 Å². The summed E-state index contributed by atoms with van der Waals surface area (Å²) < 4.78 is 6.26. The van der Waals surface area contributed by atoms with Crippen LogP contribution in [-0.2, 0) is 4.74 Å². The number of nitrogens with one attached hydrogen (secondary N) is 1. The van der Waals surface area contributed by atoms with Crippen LogP contribution in [0.25, 0.3) is 0 Å². The van der Waals surface area contributed by atoms with E-state index in [2.05, 4.69) is 34.8 Å². The van der Waals surface area contributed by atoms with Gasteiger partial charge in [-0.3, -0.25) is 4.79 Å². The van der Waals surface area contributed by atoms with Gasteiger partial charge >= 0.3 is 0 Å². The molecule has 1 aliphatic heterocycles. The average Bonchev–Trinajstić information content (AvgIpc) is 2.42. The fraction of sp³-hybridized carbons (Fsp3) is 0.500. The number of halogens is 2. The van der Waals surface area contributed by atoms with Crippen molar-refractivity contribution in [1.82, 2.24) is 5.32 Å². The highest BCUT2D eigenvalue weighted by Crippen LogP contribution is 2.21. The molecule has 0 saturated carbocycles. The zero-order valence-electron chi connectivity index (χ0n) is 10.8. The van der Waals surface area contributed by atoms with Gasteiger partial charge in [0.05, 0.1) is 5.56 Å². The van der Waals surface area contributed by atoms with Gasteiger partial charge in [0.1, 0.15) is 0 Å². The normalized spacial score (nSPS) is 18.1. The second-order valence-electron chi connectivity index (χ2n) is 4.84. The Morgan fingerprint density at radius 2 is 2.16 bits per heavy atom. The summed E-state index contributed by atoms with van der Waals surface area (Å²) in [6.07, 6.45) is 2.02. The number of hydrogen-bond donors (Lipinski definition) is 1. The first kappa shape index (κ1) is 15.1. The summed E-state index contributed by atoms with van der Waals surface area (Å²) in [5.41, 5.74) is 0.645. The van der Waals surface area contributed by atoms with Gasteiger partial charge in [-0.25, -0.2) is 0 Å². The van der Waals surface area contributed by atoms with Crippen LogP contribution in [0.5, 0.6) is 0 Å². The van der Waals surface area contributed by atoms with Crippen molar-refractivity contribution in [3.8, 4) is 0 Å². The summed E-state index contributed by atoms with van der Waals surface area (Å²) >= 11 is 8.10. The third-order valence-corrected chi connectivity index (χ3v) is 4.68. The third kappa shape index (κ3) is 4.07. The van der Waals surface area contributed by atoms with E-state index in [9.17, 15) is 4.79 Å². The van der Waals surface area contributed by atoms with Crippen LogP contribution in [-0.4, -0.2) is 25.2 Å². The highest BCUT2D eigenvalue weighted by atomic mass is 127. The predicted molar refractivity (Wildman–Crippen MR) is 84.6 cm³/mol. The molecule has 19 heavy (non-hydrogen) atoms. The maximum atomic E-state index is 12.3. The Morgan fingerprint density at radius 1 is 1.47 bits per heavy atom. The minimum absolute atomic E-state index is 0.0501. The largest absolute Gasteiger partial charge is 0.381 e. The van der Waals surface area contributed by atoms with Crippen molar-refractivity contribution < 1.29 is 9.53 Å². The van der Waals surface area contributed by atoms with E-state index in [1.807, 2.05) is 6.07 Å². The van der Waals surface area contributed by atoms with E-state index in [0.717, 1.165) is 29.6 Å². The van der Waals surface area contributed by atoms with Crippen LogP contribution in [0.1, 0.15) is 30.1 Å². The Kier molecular flexibility index (Phi) is 5.47. The molecule has 2 rings (SSSR count). The smallest absolute Gasteiger partial charge is 0.252 e. The van der Waals surface area contributed by atoms with Crippen molar-refractivity contribution in [2.75, 3.05) is 13.2 Å². The van der Waals surface area contributed by atoms with Crippen LogP contribution < -0.4 is 5.32 Å². The summed E-state index contributed by atoms with van der Waals surface area (Å²) in [7, 11) is 0. The van der Waals surface area contributed by atoms with E-state index in [1.165, 1.54) is 0 Å². The average molecular weight is 394 g/mol. The van der Waals surface area contributed by atoms with Crippen molar-refractivity contribution in [2.24, 2.45) is 5.92 Å². The fourth-order valence-corrected chi connectivity index (χ4v) is 3.04. The number of ether oxygens (including phenoxy) is 1. The molecule has 1 N–H and O–H groups in total. The lowest BCUT2D eigenvalue weighted by Crippen LogP contribution is -2.40. The van der Waals surface area contributed by atoms with Crippen LogP contribution in [0.2, 0.25) is 5.02 Å². The SMILES string of the molecule is CC(NC(=O)c1cc(Cl)ccc1I)C1CCOCC1. The molecule has 0 spiro atoms. The molecule has 1 aliphatic rings. The molecule has 0 radical (unpaired) electrons. The lowest BCUT2D eigenvalue weighted by Gasteiger charge is -2.28. The lowest BCUT2D eigenvalue weighted by molar-refractivity contribution is 0.0538. The zero-order valence-corrected chi connectivity index (χ0v) is 13.7. The van der Waals surface area contributed by atoms with E-state index in [1.54, 1.807) is 12.1 Å². The van der Waals surface area contributed by atoms with Gasteiger partial charge in [0.25, 0.3) is 5.91 Å². The van der Waals surface area contributed by atoms with Gasteiger partial charge in [0.15, 0.2) is 0 Å². The number of amides is 1. The van der Waals surface area contributed by atoms with Gasteiger partial charge in [-0.15, -0.1) is 0 Å². The topological polar surface area (TPSA) is 38.3 Å². The Morgan fingerprint density at radius 3 is 2.84 bits per heavy atom. The number of rotatable bonds is 3. The molecule has 1 amide bonds. The zero-order chi connectivity index (χ0) is 13.8. The van der Waals surface area contributed by atoms with Gasteiger partial charge < -0.3 is 10.1 Å². The molecule has 104 valence electrons. The first-order valence-electron chi connectivity index (χ1n) is 6.41. The first-order chi connectivity index (χ1) is 9.08. The molecular formula is C14H17ClINO2. The van der Waals surface area contributed by atoms with Crippen molar-refractivity contribution >= 4 is 40.1 Å². The van der Waals surface area contributed by atoms with Crippen LogP contribution in [0.4, 0.5) is 0 Å². The summed E-state index contributed by atoms with van der Waals surface area (Å²) in [5, 5.41) is 3.66. The molecule has 3 nitrogen and oxygen atoms in total. The molecule has 0 bridgehead atoms. The minimum Gasteiger partial charge on any atom is -0.381 e. The van der Waals surface area contributed by atoms with Gasteiger partial charge in [0.2, 0.25) is 0 Å². The summed E-state index contributed by atoms with van der Waals surface area (Å²) in [5.74, 6) is 0.445. The molecular weight excluding hydrogens is 377 g/mol. The second kappa shape index (κ2) is 6.90. The number of carbonyl (C=O) groups excluding carboxylic acids is 1. The molecule has 1 unspecified atom stereocenters. The standard InChI is InChI=1S/C14H17ClINO2/c1-9(10-4-6-19-7-5-10)17-14(18)12-8-11(15)2-3-13(12)16/h2-3,8-10H,4-7H2,1H3,(H,17,18). The quantitative estimate of drug-likeness (QED) is 0.799. The summed E-state index contributed by atoms with van der Waals surface area (Å²) in [6.45, 7) is 3.64. The van der Waals surface area contributed by atoms with Crippen LogP contribution >= 0.6 is 34.2 Å². The number of benzene rings is 1. The molecule has 1 aromatic carbocycles. The number of carbonyl (C=O) groups is 1. The van der Waals surface area contributed by atoms with Gasteiger partial charge in [-0.2, -0.15) is 0 Å². The molecule has 0 aromatic heterocycles. The predicted octanol–water partition coefficient (Wildman–Crippen LogP) is 3.49. The highest BCUT2D eigenvalue weighted by Gasteiger charge is 2.22. The molecule has 1 heterocycles. The molecule has 1 aromatic rings. The molecule has 1 atom stereocenters. The first-order valence-corrected chi connectivity index (χ1v) is 7.87. The maximum Gasteiger partial charge on any atom is 0.252 e. The van der Waals surface area contributed by atoms with E-state index in [4.69, 9.17) is 16.3 Å². The van der Waals surface area contributed by atoms with Crippen LogP contribution in [0.15, 0.2) is 18.2 Å². The minimum atomic E-state index is -0.0501. The van der Waals surface area contributed by atoms with Crippen LogP contribution in [0, 0.1) is 9.49 Å². The van der Waals surface area contributed by atoms with Gasteiger partial charge in [-0.05, 0) is 66.5 Å². The number of hydrogen-bond acceptors (Lipinski definition) is 2. The Balaban J connectivity index is 2.01. The van der Waals surface area contributed by atoms with Crippen molar-refractivity contribution in [3.63, 3.8) is 0 Å².